The lowest BCUT2D eigenvalue weighted by Crippen LogP contribution is -2.38. The summed E-state index contributed by atoms with van der Waals surface area (Å²) in [7, 11) is 2.00. The van der Waals surface area contributed by atoms with Crippen LogP contribution < -0.4 is 0 Å². The summed E-state index contributed by atoms with van der Waals surface area (Å²) >= 11 is 0. The first-order chi connectivity index (χ1) is 16.2. The summed E-state index contributed by atoms with van der Waals surface area (Å²) in [5.74, 6) is -4.74. The Morgan fingerprint density at radius 1 is 1.00 bits per heavy atom. The Kier molecular flexibility index (Phi) is 9.92. The SMILES string of the molecule is Cn1cc(CN2CC[C@@H]3[C@@H]2CCN3CC2CCOC2)cn1.O=C(O)C(F)(F)F.O=C(O)C(F)(F)F. The number of hydrogen-bond donors (Lipinski definition) is 2. The van der Waals surface area contributed by atoms with E-state index in [0.717, 1.165) is 37.8 Å². The maximum atomic E-state index is 10.6. The zero-order valence-corrected chi connectivity index (χ0v) is 18.9. The first-order valence-corrected chi connectivity index (χ1v) is 10.8. The average molecular weight is 518 g/mol. The van der Waals surface area contributed by atoms with Crippen molar-refractivity contribution in [3.63, 3.8) is 0 Å². The molecule has 0 spiro atoms. The molecular formula is C20H28F6N4O5. The van der Waals surface area contributed by atoms with E-state index in [4.69, 9.17) is 24.5 Å². The van der Waals surface area contributed by atoms with Gasteiger partial charge >= 0.3 is 24.3 Å². The highest BCUT2D eigenvalue weighted by Gasteiger charge is 2.43. The predicted octanol–water partition coefficient (Wildman–Crippen LogP) is 2.37. The molecular weight excluding hydrogens is 490 g/mol. The van der Waals surface area contributed by atoms with Gasteiger partial charge < -0.3 is 14.9 Å². The van der Waals surface area contributed by atoms with Crippen molar-refractivity contribution in [2.75, 3.05) is 32.8 Å². The molecule has 3 saturated heterocycles. The van der Waals surface area contributed by atoms with Gasteiger partial charge in [-0.25, -0.2) is 9.59 Å². The molecule has 0 aliphatic carbocycles. The van der Waals surface area contributed by atoms with Crippen LogP contribution in [0.25, 0.3) is 0 Å². The van der Waals surface area contributed by atoms with Gasteiger partial charge in [-0.1, -0.05) is 0 Å². The molecule has 200 valence electrons. The Morgan fingerprint density at radius 3 is 1.94 bits per heavy atom. The second-order valence-corrected chi connectivity index (χ2v) is 8.54. The highest BCUT2D eigenvalue weighted by molar-refractivity contribution is 5.73. The number of aryl methyl sites for hydroxylation is 1. The third-order valence-electron chi connectivity index (χ3n) is 5.95. The molecule has 0 amide bonds. The van der Waals surface area contributed by atoms with E-state index in [1.165, 1.54) is 44.5 Å². The molecule has 4 heterocycles. The number of halogens is 6. The lowest BCUT2D eigenvalue weighted by Gasteiger charge is -2.27. The van der Waals surface area contributed by atoms with Crippen LogP contribution in [0.4, 0.5) is 26.3 Å². The predicted molar refractivity (Wildman–Crippen MR) is 108 cm³/mol. The molecule has 3 aliphatic heterocycles. The van der Waals surface area contributed by atoms with Gasteiger partial charge in [-0.2, -0.15) is 31.4 Å². The van der Waals surface area contributed by atoms with Gasteiger partial charge in [0, 0.05) is 63.7 Å². The van der Waals surface area contributed by atoms with Crippen LogP contribution in [0.2, 0.25) is 0 Å². The van der Waals surface area contributed by atoms with E-state index in [1.54, 1.807) is 0 Å². The highest BCUT2D eigenvalue weighted by Crippen LogP contribution is 2.33. The van der Waals surface area contributed by atoms with Crippen LogP contribution in [-0.2, 0) is 27.9 Å². The third kappa shape index (κ3) is 8.96. The number of hydrogen-bond acceptors (Lipinski definition) is 6. The van der Waals surface area contributed by atoms with Gasteiger partial charge in [0.1, 0.15) is 0 Å². The van der Waals surface area contributed by atoms with Crippen molar-refractivity contribution in [1.82, 2.24) is 19.6 Å². The molecule has 3 atom stereocenters. The van der Waals surface area contributed by atoms with Gasteiger partial charge in [0.25, 0.3) is 0 Å². The van der Waals surface area contributed by atoms with Crippen LogP contribution in [0.1, 0.15) is 24.8 Å². The fourth-order valence-electron chi connectivity index (χ4n) is 4.43. The molecule has 1 unspecified atom stereocenters. The number of fused-ring (bicyclic) bond motifs is 1. The standard InChI is InChI=1S/C16H26N4O.2C2HF3O2/c1-18-9-14(8-17-18)11-20-6-3-15-16(20)2-5-19(15)10-13-4-7-21-12-13;2*3-2(4,5)1(6)7/h8-9,13,15-16H,2-7,10-12H2,1H3;2*(H,6,7)/t13?,15-,16+;;/m1../s1. The van der Waals surface area contributed by atoms with Crippen molar-refractivity contribution >= 4 is 11.9 Å². The van der Waals surface area contributed by atoms with Gasteiger partial charge in [0.15, 0.2) is 0 Å². The normalized spacial score (nSPS) is 24.8. The minimum absolute atomic E-state index is 0.757. The van der Waals surface area contributed by atoms with Gasteiger partial charge in [-0.3, -0.25) is 14.5 Å². The molecule has 9 nitrogen and oxygen atoms in total. The minimum atomic E-state index is -5.08. The van der Waals surface area contributed by atoms with Crippen molar-refractivity contribution in [1.29, 1.82) is 0 Å². The van der Waals surface area contributed by atoms with Gasteiger partial charge in [-0.15, -0.1) is 0 Å². The Morgan fingerprint density at radius 2 is 1.51 bits per heavy atom. The van der Waals surface area contributed by atoms with Crippen molar-refractivity contribution in [2.24, 2.45) is 13.0 Å². The first kappa shape index (κ1) is 28.8. The monoisotopic (exact) mass is 518 g/mol. The van der Waals surface area contributed by atoms with Crippen LogP contribution in [0.3, 0.4) is 0 Å². The molecule has 1 aromatic heterocycles. The first-order valence-electron chi connectivity index (χ1n) is 10.8. The number of likely N-dealkylation sites (tertiary alicyclic amines) is 2. The van der Waals surface area contributed by atoms with Crippen molar-refractivity contribution in [3.8, 4) is 0 Å². The van der Waals surface area contributed by atoms with Crippen LogP contribution in [0.5, 0.6) is 0 Å². The Bertz CT molecular complexity index is 817. The summed E-state index contributed by atoms with van der Waals surface area (Å²) in [5, 5.41) is 18.5. The number of carboxylic acid groups (broad SMARTS) is 2. The van der Waals surface area contributed by atoms with E-state index < -0.39 is 24.3 Å². The van der Waals surface area contributed by atoms with Crippen LogP contribution >= 0.6 is 0 Å². The largest absolute Gasteiger partial charge is 0.490 e. The quantitative estimate of drug-likeness (QED) is 0.586. The van der Waals surface area contributed by atoms with Gasteiger partial charge in [-0.05, 0) is 25.2 Å². The van der Waals surface area contributed by atoms with Crippen molar-refractivity contribution < 1.29 is 50.9 Å². The van der Waals surface area contributed by atoms with E-state index in [9.17, 15) is 26.3 Å². The molecule has 35 heavy (non-hydrogen) atoms. The molecule has 0 saturated carbocycles. The highest BCUT2D eigenvalue weighted by atomic mass is 19.4. The Labute approximate surface area is 197 Å². The summed E-state index contributed by atoms with van der Waals surface area (Å²) in [6.45, 7) is 6.78. The number of aliphatic carboxylic acids is 2. The molecule has 0 bridgehead atoms. The number of ether oxygens (including phenoxy) is 1. The molecule has 0 aromatic carbocycles. The van der Waals surface area contributed by atoms with Crippen LogP contribution in [0.15, 0.2) is 12.4 Å². The van der Waals surface area contributed by atoms with Crippen molar-refractivity contribution in [3.05, 3.63) is 18.0 Å². The fraction of sp³-hybridized carbons (Fsp3) is 0.750. The van der Waals surface area contributed by atoms with E-state index in [2.05, 4.69) is 21.1 Å². The fourth-order valence-corrected chi connectivity index (χ4v) is 4.43. The average Bonchev–Trinajstić information content (AvgIpc) is 3.51. The van der Waals surface area contributed by atoms with Crippen LogP contribution in [-0.4, -0.2) is 99.0 Å². The lowest BCUT2D eigenvalue weighted by molar-refractivity contribution is -0.193. The summed E-state index contributed by atoms with van der Waals surface area (Å²) in [6.07, 6.45) is -2.09. The van der Waals surface area contributed by atoms with E-state index >= 15 is 0 Å². The number of rotatable bonds is 4. The molecule has 15 heteroatoms. The van der Waals surface area contributed by atoms with E-state index in [0.29, 0.717) is 0 Å². The summed E-state index contributed by atoms with van der Waals surface area (Å²) in [5.41, 5.74) is 1.35. The number of alkyl halides is 6. The number of aromatic nitrogens is 2. The second-order valence-electron chi connectivity index (χ2n) is 8.54. The second kappa shape index (κ2) is 12.0. The molecule has 2 N–H and O–H groups in total. The molecule has 3 fully saturated rings. The smallest absolute Gasteiger partial charge is 0.475 e. The van der Waals surface area contributed by atoms with Gasteiger partial charge in [0.2, 0.25) is 0 Å². The zero-order valence-electron chi connectivity index (χ0n) is 18.9. The Hall–Kier alpha value is -2.39. The minimum Gasteiger partial charge on any atom is -0.475 e. The number of carbonyl (C=O) groups is 2. The Balaban J connectivity index is 0.000000257. The van der Waals surface area contributed by atoms with Gasteiger partial charge in [0.05, 0.1) is 12.8 Å². The molecule has 0 radical (unpaired) electrons. The van der Waals surface area contributed by atoms with Crippen LogP contribution in [0, 0.1) is 5.92 Å². The van der Waals surface area contributed by atoms with E-state index in [1.807, 2.05) is 17.9 Å². The number of carboxylic acids is 2. The summed E-state index contributed by atoms with van der Waals surface area (Å²) < 4.78 is 70.9. The summed E-state index contributed by atoms with van der Waals surface area (Å²) in [4.78, 5) is 23.2. The topological polar surface area (TPSA) is 108 Å². The summed E-state index contributed by atoms with van der Waals surface area (Å²) in [6, 6.07) is 1.54. The van der Waals surface area contributed by atoms with E-state index in [-0.39, 0.29) is 0 Å². The van der Waals surface area contributed by atoms with Crippen molar-refractivity contribution in [2.45, 2.75) is 50.2 Å². The third-order valence-corrected chi connectivity index (χ3v) is 5.95. The maximum absolute atomic E-state index is 10.6. The molecule has 4 rings (SSSR count). The number of nitrogens with zero attached hydrogens (tertiary/aromatic N) is 4. The lowest BCUT2D eigenvalue weighted by atomic mass is 10.1. The molecule has 1 aromatic rings. The maximum Gasteiger partial charge on any atom is 0.490 e. The molecule has 3 aliphatic rings. The zero-order chi connectivity index (χ0) is 26.4.